The Morgan fingerprint density at radius 1 is 1.24 bits per heavy atom. The summed E-state index contributed by atoms with van der Waals surface area (Å²) in [5, 5.41) is 0. The van der Waals surface area contributed by atoms with Crippen LogP contribution in [0.3, 0.4) is 0 Å². The molecule has 156 valence electrons. The Hall–Kier alpha value is -1.98. The summed E-state index contributed by atoms with van der Waals surface area (Å²) in [7, 11) is 1.64. The Morgan fingerprint density at radius 3 is 2.48 bits per heavy atom. The van der Waals surface area contributed by atoms with Crippen LogP contribution in [0.5, 0.6) is 0 Å². The fourth-order valence-electron chi connectivity index (χ4n) is 5.60. The number of carbonyl (C=O) groups is 2. The molecule has 0 spiro atoms. The molecule has 2 bridgehead atoms. The maximum Gasteiger partial charge on any atom is 0.313 e. The molecule has 1 aliphatic carbocycles. The number of hydrogen-bond donors (Lipinski definition) is 0. The molecule has 0 N–H and O–H groups in total. The Morgan fingerprint density at radius 2 is 1.90 bits per heavy atom. The van der Waals surface area contributed by atoms with E-state index >= 15 is 0 Å². The third-order valence-electron chi connectivity index (χ3n) is 6.64. The van der Waals surface area contributed by atoms with Crippen molar-refractivity contribution in [2.45, 2.75) is 59.2 Å². The lowest BCUT2D eigenvalue weighted by Crippen LogP contribution is -2.44. The number of hydrogen-bond acceptors (Lipinski definition) is 5. The Kier molecular flexibility index (Phi) is 4.94. The fourth-order valence-corrected chi connectivity index (χ4v) is 5.60. The molecular weight excluding hydrogens is 368 g/mol. The monoisotopic (exact) mass is 398 g/mol. The second-order valence-electron chi connectivity index (χ2n) is 9.15. The van der Waals surface area contributed by atoms with Crippen LogP contribution in [0.2, 0.25) is 0 Å². The third-order valence-corrected chi connectivity index (χ3v) is 6.64. The van der Waals surface area contributed by atoms with E-state index in [0.717, 1.165) is 35.1 Å². The zero-order valence-corrected chi connectivity index (χ0v) is 18.1. The maximum absolute atomic E-state index is 13.8. The van der Waals surface area contributed by atoms with Crippen LogP contribution < -0.4 is 0 Å². The molecule has 0 amide bonds. The maximum atomic E-state index is 13.8. The summed E-state index contributed by atoms with van der Waals surface area (Å²) in [5.74, 6) is -0.620. The molecule has 3 aliphatic rings. The normalized spacial score (nSPS) is 30.4. The minimum atomic E-state index is -0.620. The molecule has 1 aromatic carbocycles. The van der Waals surface area contributed by atoms with Gasteiger partial charge >= 0.3 is 5.97 Å². The quantitative estimate of drug-likeness (QED) is 0.704. The van der Waals surface area contributed by atoms with Crippen LogP contribution in [-0.4, -0.2) is 37.2 Å². The molecule has 4 rings (SSSR count). The lowest BCUT2D eigenvalue weighted by Gasteiger charge is -2.31. The molecule has 2 aliphatic heterocycles. The number of rotatable bonds is 5. The van der Waals surface area contributed by atoms with Crippen molar-refractivity contribution in [1.29, 1.82) is 0 Å². The van der Waals surface area contributed by atoms with Crippen molar-refractivity contribution in [3.8, 4) is 0 Å². The van der Waals surface area contributed by atoms with Gasteiger partial charge in [-0.05, 0) is 50.3 Å². The largest absolute Gasteiger partial charge is 0.430 e. The first-order chi connectivity index (χ1) is 13.7. The highest BCUT2D eigenvalue weighted by atomic mass is 16.6. The zero-order valence-electron chi connectivity index (χ0n) is 18.1. The topological polar surface area (TPSA) is 61.8 Å². The van der Waals surface area contributed by atoms with Gasteiger partial charge < -0.3 is 14.2 Å². The van der Waals surface area contributed by atoms with Gasteiger partial charge in [0.2, 0.25) is 0 Å². The van der Waals surface area contributed by atoms with E-state index in [1.165, 1.54) is 0 Å². The van der Waals surface area contributed by atoms with Crippen LogP contribution in [0, 0.1) is 38.5 Å². The summed E-state index contributed by atoms with van der Waals surface area (Å²) in [6.45, 7) is 10.1. The highest BCUT2D eigenvalue weighted by Gasteiger charge is 2.67. The van der Waals surface area contributed by atoms with E-state index in [9.17, 15) is 9.59 Å². The van der Waals surface area contributed by atoms with E-state index in [2.05, 4.69) is 12.1 Å². The summed E-state index contributed by atoms with van der Waals surface area (Å²) in [6.07, 6.45) is 1.53. The molecule has 0 saturated carbocycles. The molecule has 1 aromatic rings. The van der Waals surface area contributed by atoms with Crippen molar-refractivity contribution in [2.24, 2.45) is 17.8 Å². The van der Waals surface area contributed by atoms with Crippen molar-refractivity contribution >= 4 is 17.3 Å². The first kappa shape index (κ1) is 20.3. The molecular formula is C24H30O5. The van der Waals surface area contributed by atoms with Gasteiger partial charge in [0, 0.05) is 7.11 Å². The number of ketones is 1. The van der Waals surface area contributed by atoms with Gasteiger partial charge in [0.05, 0.1) is 36.0 Å². The number of ether oxygens (including phenoxy) is 3. The van der Waals surface area contributed by atoms with E-state index in [1.807, 2.05) is 34.6 Å². The summed E-state index contributed by atoms with van der Waals surface area (Å²) in [6, 6.07) is 4.16. The zero-order chi connectivity index (χ0) is 21.1. The van der Waals surface area contributed by atoms with Crippen molar-refractivity contribution in [3.05, 3.63) is 40.1 Å². The minimum Gasteiger partial charge on any atom is -0.430 e. The number of carbonyl (C=O) groups excluding carboxylic acids is 2. The van der Waals surface area contributed by atoms with Crippen molar-refractivity contribution in [3.63, 3.8) is 0 Å². The number of fused-ring (bicyclic) bond motifs is 5. The summed E-state index contributed by atoms with van der Waals surface area (Å²) in [4.78, 5) is 26.4. The first-order valence-electron chi connectivity index (χ1n) is 10.4. The summed E-state index contributed by atoms with van der Waals surface area (Å²) < 4.78 is 17.7. The van der Waals surface area contributed by atoms with E-state index in [-0.39, 0.29) is 35.6 Å². The number of Topliss-reactive ketones (excluding diaryl/α,β-unsaturated/α-hetero) is 1. The van der Waals surface area contributed by atoms with Crippen LogP contribution in [0.1, 0.15) is 48.9 Å². The van der Waals surface area contributed by atoms with Crippen LogP contribution >= 0.6 is 0 Å². The molecule has 2 saturated heterocycles. The second kappa shape index (κ2) is 7.06. The fraction of sp³-hybridized carbons (Fsp3) is 0.583. The smallest absolute Gasteiger partial charge is 0.313 e. The van der Waals surface area contributed by atoms with Crippen LogP contribution in [0.25, 0.3) is 5.57 Å². The van der Waals surface area contributed by atoms with E-state index in [0.29, 0.717) is 17.9 Å². The Labute approximate surface area is 172 Å². The summed E-state index contributed by atoms with van der Waals surface area (Å²) >= 11 is 0. The predicted octanol–water partition coefficient (Wildman–Crippen LogP) is 3.92. The second-order valence-corrected chi connectivity index (χ2v) is 9.15. The molecule has 4 atom stereocenters. The van der Waals surface area contributed by atoms with Gasteiger partial charge in [-0.25, -0.2) is 0 Å². The molecule has 2 fully saturated rings. The molecule has 0 radical (unpaired) electrons. The van der Waals surface area contributed by atoms with Crippen molar-refractivity contribution in [2.75, 3.05) is 13.7 Å². The molecule has 29 heavy (non-hydrogen) atoms. The van der Waals surface area contributed by atoms with Gasteiger partial charge in [0.15, 0.2) is 5.78 Å². The highest BCUT2D eigenvalue weighted by Crippen LogP contribution is 2.60. The number of allylic oxidation sites excluding steroid dienone is 1. The first-order valence-corrected chi connectivity index (χ1v) is 10.4. The Balaban J connectivity index is 1.89. The van der Waals surface area contributed by atoms with Gasteiger partial charge in [-0.3, -0.25) is 9.59 Å². The summed E-state index contributed by atoms with van der Waals surface area (Å²) in [5.41, 5.74) is 4.05. The predicted molar refractivity (Wildman–Crippen MR) is 109 cm³/mol. The van der Waals surface area contributed by atoms with Gasteiger partial charge in [-0.1, -0.05) is 31.5 Å². The van der Waals surface area contributed by atoms with Crippen LogP contribution in [0.4, 0.5) is 0 Å². The third kappa shape index (κ3) is 2.98. The number of benzene rings is 1. The van der Waals surface area contributed by atoms with Gasteiger partial charge in [-0.2, -0.15) is 0 Å². The molecule has 5 nitrogen and oxygen atoms in total. The average molecular weight is 398 g/mol. The molecule has 0 aromatic heterocycles. The standard InChI is InChI=1S/C24H30O5/c1-12(2)23(26)28-22-18-16-7-8-24(29-16,11-27-6)20(18)21(25)19(22)17-14(4)9-13(3)10-15(17)5/h9-10,12,16,18,20H,7-8,11H2,1-6H3/t16-,18-,20+,24-/m0/s1. The van der Waals surface area contributed by atoms with E-state index < -0.39 is 5.60 Å². The highest BCUT2D eigenvalue weighted by molar-refractivity contribution is 6.26. The molecule has 0 unspecified atom stereocenters. The van der Waals surface area contributed by atoms with Gasteiger partial charge in [0.1, 0.15) is 11.4 Å². The number of aryl methyl sites for hydroxylation is 3. The van der Waals surface area contributed by atoms with E-state index in [4.69, 9.17) is 14.2 Å². The van der Waals surface area contributed by atoms with Crippen LogP contribution in [0.15, 0.2) is 17.9 Å². The van der Waals surface area contributed by atoms with Crippen molar-refractivity contribution in [1.82, 2.24) is 0 Å². The number of esters is 1. The lowest BCUT2D eigenvalue weighted by atomic mass is 9.72. The lowest BCUT2D eigenvalue weighted by molar-refractivity contribution is -0.144. The van der Waals surface area contributed by atoms with Gasteiger partial charge in [0.25, 0.3) is 0 Å². The average Bonchev–Trinajstić information content (AvgIpc) is 3.26. The van der Waals surface area contributed by atoms with Crippen molar-refractivity contribution < 1.29 is 23.8 Å². The number of methoxy groups -OCH3 is 1. The van der Waals surface area contributed by atoms with Gasteiger partial charge in [-0.15, -0.1) is 0 Å². The minimum absolute atomic E-state index is 0.0239. The van der Waals surface area contributed by atoms with Crippen LogP contribution in [-0.2, 0) is 23.8 Å². The van der Waals surface area contributed by atoms with E-state index in [1.54, 1.807) is 7.11 Å². The molecule has 5 heteroatoms. The Bertz CT molecular complexity index is 889. The molecule has 2 heterocycles. The SMILES string of the molecule is COC[C@]12CC[C@H](O1)[C@@H]1C(OC(=O)C(C)C)=C(c3c(C)cc(C)cc3C)C(=O)[C@@H]12.